The van der Waals surface area contributed by atoms with Gasteiger partial charge in [-0.05, 0) is 38.9 Å². The van der Waals surface area contributed by atoms with Gasteiger partial charge in [0.05, 0.1) is 6.54 Å². The van der Waals surface area contributed by atoms with Gasteiger partial charge in [-0.25, -0.2) is 0 Å². The fourth-order valence-electron chi connectivity index (χ4n) is 2.77. The Kier molecular flexibility index (Phi) is 7.72. The topological polar surface area (TPSA) is 35.6 Å². The number of hydrogen-bond donors (Lipinski definition) is 1. The van der Waals surface area contributed by atoms with E-state index in [2.05, 4.69) is 10.2 Å². The Balaban J connectivity index is 0.00000220. The van der Waals surface area contributed by atoms with E-state index < -0.39 is 0 Å². The molecule has 0 atom stereocenters. The van der Waals surface area contributed by atoms with Gasteiger partial charge in [-0.3, -0.25) is 9.69 Å². The number of amides is 1. The number of hydrogen-bond acceptors (Lipinski definition) is 3. The van der Waals surface area contributed by atoms with Crippen molar-refractivity contribution in [2.24, 2.45) is 0 Å². The Morgan fingerprint density at radius 2 is 1.90 bits per heavy atom. The molecule has 5 heteroatoms. The molecule has 0 spiro atoms. The Labute approximate surface area is 133 Å². The molecular weight excluding hydrogens is 286 g/mol. The predicted molar refractivity (Wildman–Crippen MR) is 90.2 cm³/mol. The number of carbonyl (C=O) groups is 1. The number of likely N-dealkylation sites (N-methyl/N-ethyl adjacent to an activating group) is 1. The van der Waals surface area contributed by atoms with E-state index in [1.807, 2.05) is 49.2 Å². The van der Waals surface area contributed by atoms with Gasteiger partial charge in [-0.15, -0.1) is 12.4 Å². The lowest BCUT2D eigenvalue weighted by Gasteiger charge is -2.32. The SMILES string of the molecule is CCN(C(=O)CN1CCC(NC)CC1)c1ccccc1.Cl. The second-order valence-corrected chi connectivity index (χ2v) is 5.31. The number of rotatable bonds is 5. The molecular formula is C16H26ClN3O. The van der Waals surface area contributed by atoms with E-state index in [-0.39, 0.29) is 18.3 Å². The highest BCUT2D eigenvalue weighted by Gasteiger charge is 2.22. The molecule has 118 valence electrons. The third-order valence-corrected chi connectivity index (χ3v) is 4.04. The van der Waals surface area contributed by atoms with Crippen molar-refractivity contribution >= 4 is 24.0 Å². The zero-order valence-electron chi connectivity index (χ0n) is 12.9. The summed E-state index contributed by atoms with van der Waals surface area (Å²) in [5.41, 5.74) is 0.991. The van der Waals surface area contributed by atoms with Crippen molar-refractivity contribution in [3.8, 4) is 0 Å². The fraction of sp³-hybridized carbons (Fsp3) is 0.562. The summed E-state index contributed by atoms with van der Waals surface area (Å²) in [4.78, 5) is 16.6. The third-order valence-electron chi connectivity index (χ3n) is 4.04. The highest BCUT2D eigenvalue weighted by atomic mass is 35.5. The smallest absolute Gasteiger partial charge is 0.241 e. The average molecular weight is 312 g/mol. The highest BCUT2D eigenvalue weighted by molar-refractivity contribution is 5.94. The van der Waals surface area contributed by atoms with Gasteiger partial charge >= 0.3 is 0 Å². The molecule has 0 saturated carbocycles. The molecule has 0 unspecified atom stereocenters. The van der Waals surface area contributed by atoms with Crippen LogP contribution in [0.2, 0.25) is 0 Å². The number of halogens is 1. The number of para-hydroxylation sites is 1. The van der Waals surface area contributed by atoms with Gasteiger partial charge in [-0.2, -0.15) is 0 Å². The van der Waals surface area contributed by atoms with Crippen LogP contribution in [-0.4, -0.2) is 50.1 Å². The Morgan fingerprint density at radius 3 is 2.43 bits per heavy atom. The summed E-state index contributed by atoms with van der Waals surface area (Å²) in [5, 5.41) is 3.32. The van der Waals surface area contributed by atoms with Crippen molar-refractivity contribution in [1.29, 1.82) is 0 Å². The van der Waals surface area contributed by atoms with Gasteiger partial charge < -0.3 is 10.2 Å². The molecule has 1 aromatic carbocycles. The van der Waals surface area contributed by atoms with E-state index in [1.165, 1.54) is 0 Å². The van der Waals surface area contributed by atoms with E-state index in [1.54, 1.807) is 0 Å². The summed E-state index contributed by atoms with van der Waals surface area (Å²) in [5.74, 6) is 0.196. The molecule has 1 saturated heterocycles. The summed E-state index contributed by atoms with van der Waals surface area (Å²) < 4.78 is 0. The number of nitrogens with one attached hydrogen (secondary N) is 1. The molecule has 4 nitrogen and oxygen atoms in total. The van der Waals surface area contributed by atoms with Crippen LogP contribution in [0, 0.1) is 0 Å². The molecule has 21 heavy (non-hydrogen) atoms. The molecule has 0 bridgehead atoms. The summed E-state index contributed by atoms with van der Waals surface area (Å²) in [6.45, 7) is 5.28. The van der Waals surface area contributed by atoms with Crippen LogP contribution in [-0.2, 0) is 4.79 Å². The number of piperidine rings is 1. The van der Waals surface area contributed by atoms with Crippen LogP contribution >= 0.6 is 12.4 Å². The van der Waals surface area contributed by atoms with Crippen LogP contribution in [0.1, 0.15) is 19.8 Å². The first-order valence-electron chi connectivity index (χ1n) is 7.49. The van der Waals surface area contributed by atoms with Crippen molar-refractivity contribution in [3.05, 3.63) is 30.3 Å². The maximum absolute atomic E-state index is 12.5. The van der Waals surface area contributed by atoms with Crippen LogP contribution in [0.15, 0.2) is 30.3 Å². The minimum atomic E-state index is 0. The first-order valence-corrected chi connectivity index (χ1v) is 7.49. The molecule has 1 aromatic rings. The molecule has 0 radical (unpaired) electrons. The van der Waals surface area contributed by atoms with Crippen molar-refractivity contribution in [3.63, 3.8) is 0 Å². The largest absolute Gasteiger partial charge is 0.317 e. The van der Waals surface area contributed by atoms with Crippen LogP contribution in [0.5, 0.6) is 0 Å². The maximum Gasteiger partial charge on any atom is 0.241 e. The lowest BCUT2D eigenvalue weighted by atomic mass is 10.1. The van der Waals surface area contributed by atoms with Gasteiger partial charge in [0.15, 0.2) is 0 Å². The normalized spacial score (nSPS) is 16.3. The molecule has 0 aromatic heterocycles. The lowest BCUT2D eigenvalue weighted by Crippen LogP contribution is -2.46. The van der Waals surface area contributed by atoms with Crippen LogP contribution < -0.4 is 10.2 Å². The minimum Gasteiger partial charge on any atom is -0.317 e. The monoisotopic (exact) mass is 311 g/mol. The summed E-state index contributed by atoms with van der Waals surface area (Å²) in [6, 6.07) is 10.5. The van der Waals surface area contributed by atoms with E-state index >= 15 is 0 Å². The summed E-state index contributed by atoms with van der Waals surface area (Å²) >= 11 is 0. The minimum absolute atomic E-state index is 0. The molecule has 0 aliphatic carbocycles. The third kappa shape index (κ3) is 4.99. The van der Waals surface area contributed by atoms with Gasteiger partial charge in [0, 0.05) is 31.4 Å². The molecule has 1 fully saturated rings. The summed E-state index contributed by atoms with van der Waals surface area (Å²) in [7, 11) is 2.01. The van der Waals surface area contributed by atoms with Crippen molar-refractivity contribution in [1.82, 2.24) is 10.2 Å². The number of benzene rings is 1. The molecule has 1 heterocycles. The lowest BCUT2D eigenvalue weighted by molar-refractivity contribution is -0.120. The quantitative estimate of drug-likeness (QED) is 0.905. The van der Waals surface area contributed by atoms with Crippen LogP contribution in [0.25, 0.3) is 0 Å². The molecule has 1 aliphatic rings. The number of nitrogens with zero attached hydrogens (tertiary/aromatic N) is 2. The van der Waals surface area contributed by atoms with Crippen molar-refractivity contribution in [2.45, 2.75) is 25.8 Å². The van der Waals surface area contributed by atoms with Gasteiger partial charge in [0.25, 0.3) is 0 Å². The summed E-state index contributed by atoms with van der Waals surface area (Å²) in [6.07, 6.45) is 2.25. The second-order valence-electron chi connectivity index (χ2n) is 5.31. The van der Waals surface area contributed by atoms with E-state index in [9.17, 15) is 4.79 Å². The van der Waals surface area contributed by atoms with E-state index in [0.717, 1.165) is 38.2 Å². The van der Waals surface area contributed by atoms with Gasteiger partial charge in [-0.1, -0.05) is 18.2 Å². The van der Waals surface area contributed by atoms with E-state index in [0.29, 0.717) is 12.6 Å². The Hall–Kier alpha value is -1.10. The first kappa shape index (κ1) is 18.0. The zero-order chi connectivity index (χ0) is 14.4. The fourth-order valence-corrected chi connectivity index (χ4v) is 2.77. The number of carbonyl (C=O) groups excluding carboxylic acids is 1. The van der Waals surface area contributed by atoms with Crippen LogP contribution in [0.4, 0.5) is 5.69 Å². The van der Waals surface area contributed by atoms with Crippen molar-refractivity contribution in [2.75, 3.05) is 38.1 Å². The average Bonchev–Trinajstić information content (AvgIpc) is 2.50. The predicted octanol–water partition coefficient (Wildman–Crippen LogP) is 2.15. The second kappa shape index (κ2) is 9.03. The number of anilines is 1. The maximum atomic E-state index is 12.5. The number of likely N-dealkylation sites (tertiary alicyclic amines) is 1. The molecule has 1 N–H and O–H groups in total. The highest BCUT2D eigenvalue weighted by Crippen LogP contribution is 2.15. The molecule has 2 rings (SSSR count). The molecule has 1 aliphatic heterocycles. The first-order chi connectivity index (χ1) is 9.74. The molecule has 1 amide bonds. The van der Waals surface area contributed by atoms with E-state index in [4.69, 9.17) is 0 Å². The van der Waals surface area contributed by atoms with Crippen LogP contribution in [0.3, 0.4) is 0 Å². The Morgan fingerprint density at radius 1 is 1.29 bits per heavy atom. The van der Waals surface area contributed by atoms with Gasteiger partial charge in [0.2, 0.25) is 5.91 Å². The Bertz CT molecular complexity index is 419. The standard InChI is InChI=1S/C16H25N3O.ClH/c1-3-19(15-7-5-4-6-8-15)16(20)13-18-11-9-14(17-2)10-12-18;/h4-8,14,17H,3,9-13H2,1-2H3;1H. The van der Waals surface area contributed by atoms with Crippen molar-refractivity contribution < 1.29 is 4.79 Å². The van der Waals surface area contributed by atoms with Gasteiger partial charge in [0.1, 0.15) is 0 Å². The zero-order valence-corrected chi connectivity index (χ0v) is 13.7.